The Kier molecular flexibility index (Phi) is 8.12. The zero-order chi connectivity index (χ0) is 19.5. The molecule has 0 aliphatic heterocycles. The number of nitrogens with two attached hydrogens (primary N) is 1. The molecule has 0 saturated carbocycles. The lowest BCUT2D eigenvalue weighted by molar-refractivity contribution is -0.123. The molecule has 0 radical (unpaired) electrons. The number of ether oxygens (including phenoxy) is 2. The van der Waals surface area contributed by atoms with Gasteiger partial charge in [0.2, 0.25) is 0 Å². The summed E-state index contributed by atoms with van der Waals surface area (Å²) in [4.78, 5) is 23.8. The molecule has 0 saturated heterocycles. The number of rotatable bonds is 10. The molecule has 0 aromatic heterocycles. The Balaban J connectivity index is 1.60. The van der Waals surface area contributed by atoms with Crippen LogP contribution in [0.1, 0.15) is 22.3 Å². The Morgan fingerprint density at radius 3 is 2.41 bits per heavy atom. The highest BCUT2D eigenvalue weighted by Gasteiger charge is 2.06. The molecule has 2 aromatic carbocycles. The van der Waals surface area contributed by atoms with Gasteiger partial charge in [-0.15, -0.1) is 0 Å². The van der Waals surface area contributed by atoms with Crippen molar-refractivity contribution in [3.05, 3.63) is 59.7 Å². The molecule has 0 fully saturated rings. The maximum Gasteiger partial charge on any atom is 0.257 e. The summed E-state index contributed by atoms with van der Waals surface area (Å²) in [5.41, 5.74) is 7.10. The van der Waals surface area contributed by atoms with E-state index in [4.69, 9.17) is 15.2 Å². The average Bonchev–Trinajstić information content (AvgIpc) is 2.72. The largest absolute Gasteiger partial charge is 0.497 e. The molecule has 0 aliphatic rings. The number of benzene rings is 2. The number of hydrogen-bond acceptors (Lipinski definition) is 5. The van der Waals surface area contributed by atoms with Crippen molar-refractivity contribution in [3.8, 4) is 11.5 Å². The van der Waals surface area contributed by atoms with E-state index in [1.165, 1.54) is 0 Å². The molecular weight excluding hydrogens is 346 g/mol. The standard InChI is InChI=1S/C20H25N3O4/c1-26-17-4-2-5-18(12-17)27-14-19(24)22-10-3-11-23-20(25)16-8-6-15(13-21)7-9-16/h2,4-9,12H,3,10-11,13-14,21H2,1H3,(H,22,24)(H,23,25). The second-order valence-electron chi connectivity index (χ2n) is 5.83. The molecule has 27 heavy (non-hydrogen) atoms. The van der Waals surface area contributed by atoms with Crippen molar-refractivity contribution in [2.45, 2.75) is 13.0 Å². The van der Waals surface area contributed by atoms with Crippen molar-refractivity contribution < 1.29 is 19.1 Å². The van der Waals surface area contributed by atoms with Crippen molar-refractivity contribution in [3.63, 3.8) is 0 Å². The number of hydrogen-bond donors (Lipinski definition) is 3. The van der Waals surface area contributed by atoms with Gasteiger partial charge in [0.1, 0.15) is 11.5 Å². The summed E-state index contributed by atoms with van der Waals surface area (Å²) in [6.07, 6.45) is 0.623. The summed E-state index contributed by atoms with van der Waals surface area (Å²) in [6, 6.07) is 14.2. The molecule has 0 atom stereocenters. The van der Waals surface area contributed by atoms with Crippen LogP contribution in [-0.2, 0) is 11.3 Å². The minimum Gasteiger partial charge on any atom is -0.497 e. The highest BCUT2D eigenvalue weighted by molar-refractivity contribution is 5.94. The molecule has 0 heterocycles. The fourth-order valence-electron chi connectivity index (χ4n) is 2.30. The van der Waals surface area contributed by atoms with E-state index in [2.05, 4.69) is 10.6 Å². The van der Waals surface area contributed by atoms with E-state index in [1.54, 1.807) is 43.5 Å². The van der Waals surface area contributed by atoms with Gasteiger partial charge >= 0.3 is 0 Å². The minimum atomic E-state index is -0.221. The molecule has 0 bridgehead atoms. The first-order chi connectivity index (χ1) is 13.1. The van der Waals surface area contributed by atoms with Crippen molar-refractivity contribution in [1.82, 2.24) is 10.6 Å². The Labute approximate surface area is 158 Å². The van der Waals surface area contributed by atoms with Crippen LogP contribution >= 0.6 is 0 Å². The smallest absolute Gasteiger partial charge is 0.257 e. The van der Waals surface area contributed by atoms with Crippen LogP contribution in [0.5, 0.6) is 11.5 Å². The van der Waals surface area contributed by atoms with Gasteiger partial charge in [-0.2, -0.15) is 0 Å². The summed E-state index contributed by atoms with van der Waals surface area (Å²) >= 11 is 0. The number of amides is 2. The monoisotopic (exact) mass is 371 g/mol. The Bertz CT molecular complexity index is 747. The minimum absolute atomic E-state index is 0.0764. The van der Waals surface area contributed by atoms with Gasteiger partial charge in [-0.3, -0.25) is 9.59 Å². The van der Waals surface area contributed by atoms with Crippen LogP contribution in [0.25, 0.3) is 0 Å². The summed E-state index contributed by atoms with van der Waals surface area (Å²) < 4.78 is 10.5. The van der Waals surface area contributed by atoms with Gasteiger partial charge in [0.25, 0.3) is 11.8 Å². The van der Waals surface area contributed by atoms with Gasteiger partial charge in [-0.25, -0.2) is 0 Å². The van der Waals surface area contributed by atoms with Gasteiger partial charge in [0.15, 0.2) is 6.61 Å². The van der Waals surface area contributed by atoms with Gasteiger partial charge in [-0.1, -0.05) is 18.2 Å². The van der Waals surface area contributed by atoms with Gasteiger partial charge in [-0.05, 0) is 36.2 Å². The SMILES string of the molecule is COc1cccc(OCC(=O)NCCCNC(=O)c2ccc(CN)cc2)c1. The Hall–Kier alpha value is -3.06. The van der Waals surface area contributed by atoms with Crippen LogP contribution in [0.3, 0.4) is 0 Å². The van der Waals surface area contributed by atoms with Crippen molar-refractivity contribution in [1.29, 1.82) is 0 Å². The van der Waals surface area contributed by atoms with Crippen LogP contribution < -0.4 is 25.8 Å². The normalized spacial score (nSPS) is 10.1. The van der Waals surface area contributed by atoms with E-state index in [0.717, 1.165) is 5.56 Å². The third-order valence-electron chi connectivity index (χ3n) is 3.82. The topological polar surface area (TPSA) is 103 Å². The number of nitrogens with one attached hydrogen (secondary N) is 2. The zero-order valence-electron chi connectivity index (χ0n) is 15.4. The van der Waals surface area contributed by atoms with Gasteiger partial charge in [0, 0.05) is 31.3 Å². The van der Waals surface area contributed by atoms with Crippen molar-refractivity contribution in [2.75, 3.05) is 26.8 Å². The van der Waals surface area contributed by atoms with E-state index in [-0.39, 0.29) is 18.4 Å². The molecular formula is C20H25N3O4. The summed E-state index contributed by atoms with van der Waals surface area (Å²) in [5.74, 6) is 0.867. The first-order valence-corrected chi connectivity index (χ1v) is 8.73. The van der Waals surface area contributed by atoms with Crippen molar-refractivity contribution >= 4 is 11.8 Å². The van der Waals surface area contributed by atoms with E-state index >= 15 is 0 Å². The maximum atomic E-state index is 12.0. The van der Waals surface area contributed by atoms with Crippen LogP contribution in [0, 0.1) is 0 Å². The van der Waals surface area contributed by atoms with E-state index < -0.39 is 0 Å². The predicted molar refractivity (Wildman–Crippen MR) is 103 cm³/mol. The molecule has 2 rings (SSSR count). The molecule has 0 spiro atoms. The summed E-state index contributed by atoms with van der Waals surface area (Å²) in [5, 5.41) is 5.56. The second-order valence-corrected chi connectivity index (χ2v) is 5.83. The van der Waals surface area contributed by atoms with Gasteiger partial charge in [0.05, 0.1) is 7.11 Å². The van der Waals surface area contributed by atoms with Crippen LogP contribution in [0.15, 0.2) is 48.5 Å². The predicted octanol–water partition coefficient (Wildman–Crippen LogP) is 1.47. The molecule has 2 aromatic rings. The Morgan fingerprint density at radius 2 is 1.70 bits per heavy atom. The molecule has 4 N–H and O–H groups in total. The molecule has 144 valence electrons. The molecule has 2 amide bonds. The highest BCUT2D eigenvalue weighted by Crippen LogP contribution is 2.18. The lowest BCUT2D eigenvalue weighted by atomic mass is 10.1. The number of carbonyl (C=O) groups is 2. The zero-order valence-corrected chi connectivity index (χ0v) is 15.4. The lowest BCUT2D eigenvalue weighted by Crippen LogP contribution is -2.32. The molecule has 0 unspecified atom stereocenters. The molecule has 7 heteroatoms. The maximum absolute atomic E-state index is 12.0. The fourth-order valence-corrected chi connectivity index (χ4v) is 2.30. The average molecular weight is 371 g/mol. The van der Waals surface area contributed by atoms with E-state index in [9.17, 15) is 9.59 Å². The van der Waals surface area contributed by atoms with E-state index in [0.29, 0.717) is 43.1 Å². The first kappa shape index (κ1) is 20.3. The van der Waals surface area contributed by atoms with Crippen LogP contribution in [0.4, 0.5) is 0 Å². The van der Waals surface area contributed by atoms with E-state index in [1.807, 2.05) is 12.1 Å². The molecule has 7 nitrogen and oxygen atoms in total. The quantitative estimate of drug-likeness (QED) is 0.549. The van der Waals surface area contributed by atoms with Crippen LogP contribution in [-0.4, -0.2) is 38.6 Å². The van der Waals surface area contributed by atoms with Crippen LogP contribution in [0.2, 0.25) is 0 Å². The fraction of sp³-hybridized carbons (Fsp3) is 0.300. The third-order valence-corrected chi connectivity index (χ3v) is 3.82. The number of carbonyl (C=O) groups excluding carboxylic acids is 2. The second kappa shape index (κ2) is 10.8. The van der Waals surface area contributed by atoms with Gasteiger partial charge < -0.3 is 25.8 Å². The summed E-state index contributed by atoms with van der Waals surface area (Å²) in [6.45, 7) is 1.29. The highest BCUT2D eigenvalue weighted by atomic mass is 16.5. The third kappa shape index (κ3) is 6.99. The molecule has 0 aliphatic carbocycles. The number of methoxy groups -OCH3 is 1. The van der Waals surface area contributed by atoms with Crippen molar-refractivity contribution in [2.24, 2.45) is 5.73 Å². The Morgan fingerprint density at radius 1 is 1.00 bits per heavy atom. The lowest BCUT2D eigenvalue weighted by Gasteiger charge is -2.09. The summed E-state index contributed by atoms with van der Waals surface area (Å²) in [7, 11) is 1.57. The first-order valence-electron chi connectivity index (χ1n) is 8.73.